The number of nitrogens with zero attached hydrogens (tertiary/aromatic N) is 3. The summed E-state index contributed by atoms with van der Waals surface area (Å²) in [7, 11) is 1.81. The van der Waals surface area contributed by atoms with Crippen LogP contribution in [0, 0.1) is 5.82 Å². The molecule has 18 heavy (non-hydrogen) atoms. The van der Waals surface area contributed by atoms with Crippen LogP contribution in [0.1, 0.15) is 11.7 Å². The number of nitrogens with two attached hydrogens (primary N) is 1. The maximum atomic E-state index is 13.0. The average molecular weight is 267 g/mol. The first kappa shape index (κ1) is 13.0. The van der Waals surface area contributed by atoms with Crippen molar-refractivity contribution in [3.63, 3.8) is 0 Å². The highest BCUT2D eigenvalue weighted by Gasteiger charge is 2.14. The first-order valence-corrected chi connectivity index (χ1v) is 6.38. The summed E-state index contributed by atoms with van der Waals surface area (Å²) >= 11 is 1.52. The van der Waals surface area contributed by atoms with Gasteiger partial charge in [-0.15, -0.1) is 16.9 Å². The molecule has 0 fully saturated rings. The van der Waals surface area contributed by atoms with Gasteiger partial charge in [-0.1, -0.05) is 11.3 Å². The van der Waals surface area contributed by atoms with E-state index in [9.17, 15) is 4.39 Å². The maximum absolute atomic E-state index is 13.0. The lowest BCUT2D eigenvalue weighted by atomic mass is 10.3. The second-order valence-electron chi connectivity index (χ2n) is 3.77. The van der Waals surface area contributed by atoms with E-state index in [1.54, 1.807) is 24.0 Å². The van der Waals surface area contributed by atoms with Crippen LogP contribution in [0.4, 0.5) is 4.39 Å². The first-order chi connectivity index (χ1) is 8.70. The number of hydrogen-bond donors (Lipinski definition) is 2. The molecule has 0 aliphatic carbocycles. The topological polar surface area (TPSA) is 68.8 Å². The van der Waals surface area contributed by atoms with Crippen molar-refractivity contribution in [3.05, 3.63) is 42.0 Å². The van der Waals surface area contributed by atoms with Gasteiger partial charge in [-0.3, -0.25) is 16.0 Å². The Morgan fingerprint density at radius 2 is 2.39 bits per heavy atom. The number of thioether (sulfide) groups is 1. The Kier molecular flexibility index (Phi) is 4.29. The van der Waals surface area contributed by atoms with Gasteiger partial charge in [-0.25, -0.2) is 4.39 Å². The Bertz CT molecular complexity index is 516. The van der Waals surface area contributed by atoms with Gasteiger partial charge < -0.3 is 0 Å². The van der Waals surface area contributed by atoms with Crippen molar-refractivity contribution in [1.29, 1.82) is 0 Å². The zero-order valence-corrected chi connectivity index (χ0v) is 10.7. The molecule has 0 aliphatic heterocycles. The van der Waals surface area contributed by atoms with Crippen LogP contribution in [0.5, 0.6) is 0 Å². The van der Waals surface area contributed by atoms with Crippen molar-refractivity contribution in [2.45, 2.75) is 10.9 Å². The molecular weight excluding hydrogens is 253 g/mol. The SMILES string of the molecule is Cn1nncc1C(CSc1cccc(F)c1)NN. The normalized spacial score (nSPS) is 12.6. The smallest absolute Gasteiger partial charge is 0.124 e. The molecule has 0 aliphatic rings. The molecule has 1 atom stereocenters. The fourth-order valence-corrected chi connectivity index (χ4v) is 2.57. The van der Waals surface area contributed by atoms with Crippen LogP contribution in [0.2, 0.25) is 0 Å². The van der Waals surface area contributed by atoms with Crippen LogP contribution in [-0.4, -0.2) is 20.7 Å². The van der Waals surface area contributed by atoms with Gasteiger partial charge in [-0.05, 0) is 18.2 Å². The van der Waals surface area contributed by atoms with E-state index in [1.807, 2.05) is 6.07 Å². The molecule has 1 heterocycles. The van der Waals surface area contributed by atoms with Gasteiger partial charge in [-0.2, -0.15) is 0 Å². The Labute approximate surface area is 109 Å². The third-order valence-corrected chi connectivity index (χ3v) is 3.61. The van der Waals surface area contributed by atoms with E-state index in [-0.39, 0.29) is 11.9 Å². The Hall–Kier alpha value is -1.44. The van der Waals surface area contributed by atoms with E-state index in [2.05, 4.69) is 15.7 Å². The van der Waals surface area contributed by atoms with E-state index in [4.69, 9.17) is 5.84 Å². The molecule has 7 heteroatoms. The lowest BCUT2D eigenvalue weighted by molar-refractivity contribution is 0.551. The lowest BCUT2D eigenvalue weighted by Crippen LogP contribution is -2.31. The first-order valence-electron chi connectivity index (χ1n) is 5.40. The number of rotatable bonds is 5. The van der Waals surface area contributed by atoms with Gasteiger partial charge >= 0.3 is 0 Å². The number of hydrazine groups is 1. The van der Waals surface area contributed by atoms with Gasteiger partial charge in [0.25, 0.3) is 0 Å². The van der Waals surface area contributed by atoms with E-state index in [0.717, 1.165) is 10.6 Å². The summed E-state index contributed by atoms with van der Waals surface area (Å²) in [5, 5.41) is 7.66. The molecule has 3 N–H and O–H groups in total. The van der Waals surface area contributed by atoms with Crippen LogP contribution in [0.3, 0.4) is 0 Å². The van der Waals surface area contributed by atoms with Crippen LogP contribution in [-0.2, 0) is 7.05 Å². The highest BCUT2D eigenvalue weighted by Crippen LogP contribution is 2.24. The number of benzene rings is 1. The number of aryl methyl sites for hydroxylation is 1. The largest absolute Gasteiger partial charge is 0.271 e. The lowest BCUT2D eigenvalue weighted by Gasteiger charge is -2.14. The summed E-state index contributed by atoms with van der Waals surface area (Å²) in [6.07, 6.45) is 1.66. The van der Waals surface area contributed by atoms with Gasteiger partial charge in [0.2, 0.25) is 0 Å². The Balaban J connectivity index is 2.02. The highest BCUT2D eigenvalue weighted by molar-refractivity contribution is 7.99. The third-order valence-electron chi connectivity index (χ3n) is 2.52. The van der Waals surface area contributed by atoms with Crippen LogP contribution in [0.15, 0.2) is 35.4 Å². The molecule has 1 aromatic heterocycles. The van der Waals surface area contributed by atoms with Gasteiger partial charge in [0, 0.05) is 17.7 Å². The van der Waals surface area contributed by atoms with Gasteiger partial charge in [0.05, 0.1) is 17.9 Å². The van der Waals surface area contributed by atoms with E-state index in [0.29, 0.717) is 5.75 Å². The minimum atomic E-state index is -0.237. The molecule has 96 valence electrons. The van der Waals surface area contributed by atoms with Crippen molar-refractivity contribution in [1.82, 2.24) is 20.4 Å². The highest BCUT2D eigenvalue weighted by atomic mass is 32.2. The van der Waals surface area contributed by atoms with Crippen LogP contribution >= 0.6 is 11.8 Å². The Morgan fingerprint density at radius 1 is 1.56 bits per heavy atom. The average Bonchev–Trinajstić information content (AvgIpc) is 2.77. The molecule has 0 bridgehead atoms. The monoisotopic (exact) mass is 267 g/mol. The fraction of sp³-hybridized carbons (Fsp3) is 0.273. The van der Waals surface area contributed by atoms with Crippen molar-refractivity contribution < 1.29 is 4.39 Å². The molecule has 1 unspecified atom stereocenters. The molecule has 0 amide bonds. The standard InChI is InChI=1S/C11H14FN5S/c1-17-11(6-14-16-17)10(15-13)7-18-9-4-2-3-8(12)5-9/h2-6,10,15H,7,13H2,1H3. The summed E-state index contributed by atoms with van der Waals surface area (Å²) in [5.41, 5.74) is 3.60. The van der Waals surface area contributed by atoms with Gasteiger partial charge in [0.1, 0.15) is 5.82 Å². The predicted molar refractivity (Wildman–Crippen MR) is 68.2 cm³/mol. The summed E-state index contributed by atoms with van der Waals surface area (Å²) in [6, 6.07) is 6.39. The van der Waals surface area contributed by atoms with Crippen LogP contribution in [0.25, 0.3) is 0 Å². The minimum Gasteiger partial charge on any atom is -0.271 e. The summed E-state index contributed by atoms with van der Waals surface area (Å²) < 4.78 is 14.7. The van der Waals surface area contributed by atoms with Crippen molar-refractivity contribution in [2.75, 3.05) is 5.75 Å². The molecule has 0 spiro atoms. The molecule has 2 aromatic rings. The predicted octanol–water partition coefficient (Wildman–Crippen LogP) is 1.25. The molecule has 0 saturated carbocycles. The maximum Gasteiger partial charge on any atom is 0.124 e. The third kappa shape index (κ3) is 3.06. The van der Waals surface area contributed by atoms with E-state index in [1.165, 1.54) is 23.9 Å². The zero-order chi connectivity index (χ0) is 13.0. The number of hydrogen-bond acceptors (Lipinski definition) is 5. The molecule has 0 saturated heterocycles. The summed E-state index contributed by atoms with van der Waals surface area (Å²) in [5.74, 6) is 5.95. The van der Waals surface area contributed by atoms with Crippen LogP contribution < -0.4 is 11.3 Å². The summed E-state index contributed by atoms with van der Waals surface area (Å²) in [6.45, 7) is 0. The van der Waals surface area contributed by atoms with E-state index < -0.39 is 0 Å². The van der Waals surface area contributed by atoms with Crippen molar-refractivity contribution in [3.8, 4) is 0 Å². The van der Waals surface area contributed by atoms with Gasteiger partial charge in [0.15, 0.2) is 0 Å². The minimum absolute atomic E-state index is 0.0849. The fourth-order valence-electron chi connectivity index (χ4n) is 1.57. The second-order valence-corrected chi connectivity index (χ2v) is 4.86. The quantitative estimate of drug-likeness (QED) is 0.485. The number of nitrogens with one attached hydrogen (secondary N) is 1. The molecule has 0 radical (unpaired) electrons. The molecule has 1 aromatic carbocycles. The zero-order valence-electron chi connectivity index (χ0n) is 9.88. The Morgan fingerprint density at radius 3 is 3.00 bits per heavy atom. The number of aromatic nitrogens is 3. The second kappa shape index (κ2) is 5.94. The van der Waals surface area contributed by atoms with Crippen molar-refractivity contribution in [2.24, 2.45) is 12.9 Å². The molecule has 2 rings (SSSR count). The number of halogens is 1. The molecule has 5 nitrogen and oxygen atoms in total. The van der Waals surface area contributed by atoms with Crippen molar-refractivity contribution >= 4 is 11.8 Å². The molecular formula is C11H14FN5S. The summed E-state index contributed by atoms with van der Waals surface area (Å²) in [4.78, 5) is 0.866. The van der Waals surface area contributed by atoms with E-state index >= 15 is 0 Å².